The molecule has 1 N–H and O–H groups in total. The summed E-state index contributed by atoms with van der Waals surface area (Å²) in [6.07, 6.45) is -5.00. The van der Waals surface area contributed by atoms with Gasteiger partial charge in [0.05, 0.1) is 5.60 Å². The van der Waals surface area contributed by atoms with Crippen LogP contribution in [-0.2, 0) is 16.0 Å². The highest BCUT2D eigenvalue weighted by atomic mass is 19.4. The Labute approximate surface area is 147 Å². The second-order valence-corrected chi connectivity index (χ2v) is 6.58. The first-order chi connectivity index (χ1) is 11.9. The van der Waals surface area contributed by atoms with E-state index in [1.807, 2.05) is 0 Å². The average molecular weight is 373 g/mol. The Hall–Kier alpha value is -2.49. The van der Waals surface area contributed by atoms with E-state index in [9.17, 15) is 23.1 Å². The van der Waals surface area contributed by atoms with Crippen molar-refractivity contribution in [3.8, 4) is 5.75 Å². The fraction of sp³-hybridized carbons (Fsp3) is 0.500. The number of aliphatic carboxylic acids is 1. The quantitative estimate of drug-likeness (QED) is 0.825. The van der Waals surface area contributed by atoms with E-state index in [2.05, 4.69) is 20.0 Å². The molecule has 0 aromatic heterocycles. The maximum Gasteiger partial charge on any atom is 0.573 e. The summed E-state index contributed by atoms with van der Waals surface area (Å²) in [5.74, 6) is -1.81. The van der Waals surface area contributed by atoms with Crippen LogP contribution in [0, 0.1) is 0 Å². The van der Waals surface area contributed by atoms with E-state index in [0.717, 1.165) is 12.1 Å². The number of nitrogens with zero attached hydrogens (tertiary/aromatic N) is 3. The molecule has 0 spiro atoms. The van der Waals surface area contributed by atoms with Gasteiger partial charge in [-0.05, 0) is 38.5 Å². The molecule has 0 fully saturated rings. The van der Waals surface area contributed by atoms with Gasteiger partial charge in [-0.1, -0.05) is 12.1 Å². The fourth-order valence-corrected chi connectivity index (χ4v) is 2.43. The molecule has 10 heteroatoms. The van der Waals surface area contributed by atoms with Crippen molar-refractivity contribution in [3.05, 3.63) is 29.8 Å². The van der Waals surface area contributed by atoms with Gasteiger partial charge in [-0.3, -0.25) is 0 Å². The van der Waals surface area contributed by atoms with Crippen LogP contribution in [0.2, 0.25) is 0 Å². The number of hydrogen-bond donors (Lipinski definition) is 1. The number of aliphatic imine (C=N–C) groups is 1. The first-order valence-corrected chi connectivity index (χ1v) is 7.62. The summed E-state index contributed by atoms with van der Waals surface area (Å²) in [4.78, 5) is 16.0. The number of amidine groups is 1. The molecule has 1 aromatic rings. The summed E-state index contributed by atoms with van der Waals surface area (Å²) >= 11 is 0. The third kappa shape index (κ3) is 5.01. The summed E-state index contributed by atoms with van der Waals surface area (Å²) in [5, 5.41) is 17.3. The SMILES string of the molecule is CC(C)(C)OC(Cc1ccc(OC(F)(F)F)cc1)(C(=O)O)C1=NCN=N1. The van der Waals surface area contributed by atoms with Crippen molar-refractivity contribution in [3.63, 3.8) is 0 Å². The molecule has 1 heterocycles. The highest BCUT2D eigenvalue weighted by Gasteiger charge is 2.49. The molecule has 1 aliphatic heterocycles. The van der Waals surface area contributed by atoms with Crippen molar-refractivity contribution < 1.29 is 32.5 Å². The number of ether oxygens (including phenoxy) is 2. The van der Waals surface area contributed by atoms with E-state index < -0.39 is 29.3 Å². The van der Waals surface area contributed by atoms with Gasteiger partial charge >= 0.3 is 12.3 Å². The van der Waals surface area contributed by atoms with Crippen LogP contribution >= 0.6 is 0 Å². The molecule has 7 nitrogen and oxygen atoms in total. The minimum atomic E-state index is -4.80. The number of rotatable bonds is 6. The normalized spacial score (nSPS) is 16.9. The van der Waals surface area contributed by atoms with Crippen molar-refractivity contribution in [2.75, 3.05) is 6.67 Å². The van der Waals surface area contributed by atoms with Crippen LogP contribution in [0.25, 0.3) is 0 Å². The standard InChI is InChI=1S/C16H18F3N3O4/c1-14(2,3)26-15(13(23)24,12-20-9-21-22-12)8-10-4-6-11(7-5-10)25-16(17,18)19/h4-7H,8-9H2,1-3H3,(H,23,24). The molecule has 0 saturated carbocycles. The number of carboxylic acids is 1. The van der Waals surface area contributed by atoms with E-state index in [1.165, 1.54) is 12.1 Å². The fourth-order valence-electron chi connectivity index (χ4n) is 2.43. The molecule has 1 atom stereocenters. The topological polar surface area (TPSA) is 92.8 Å². The Morgan fingerprint density at radius 2 is 1.81 bits per heavy atom. The molecule has 142 valence electrons. The van der Waals surface area contributed by atoms with Crippen LogP contribution in [0.3, 0.4) is 0 Å². The van der Waals surface area contributed by atoms with Crippen molar-refractivity contribution in [2.24, 2.45) is 15.2 Å². The summed E-state index contributed by atoms with van der Waals surface area (Å²) in [5.41, 5.74) is -2.35. The van der Waals surface area contributed by atoms with E-state index >= 15 is 0 Å². The number of halogens is 3. The monoisotopic (exact) mass is 373 g/mol. The number of alkyl halides is 3. The zero-order valence-electron chi connectivity index (χ0n) is 14.4. The van der Waals surface area contributed by atoms with Gasteiger partial charge in [0.2, 0.25) is 5.60 Å². The highest BCUT2D eigenvalue weighted by molar-refractivity contribution is 6.09. The molecule has 0 amide bonds. The highest BCUT2D eigenvalue weighted by Crippen LogP contribution is 2.30. The van der Waals surface area contributed by atoms with Gasteiger partial charge in [0.1, 0.15) is 5.75 Å². The second kappa shape index (κ2) is 7.02. The minimum Gasteiger partial charge on any atom is -0.479 e. The molecule has 1 unspecified atom stereocenters. The van der Waals surface area contributed by atoms with Crippen LogP contribution in [0.5, 0.6) is 5.75 Å². The van der Waals surface area contributed by atoms with E-state index in [1.54, 1.807) is 20.8 Å². The van der Waals surface area contributed by atoms with Crippen LogP contribution in [0.15, 0.2) is 39.5 Å². The second-order valence-electron chi connectivity index (χ2n) is 6.58. The van der Waals surface area contributed by atoms with Crippen molar-refractivity contribution in [1.82, 2.24) is 0 Å². The van der Waals surface area contributed by atoms with E-state index in [4.69, 9.17) is 4.74 Å². The zero-order chi connectivity index (χ0) is 19.6. The van der Waals surface area contributed by atoms with Crippen LogP contribution in [0.4, 0.5) is 13.2 Å². The van der Waals surface area contributed by atoms with Gasteiger partial charge in [-0.2, -0.15) is 5.11 Å². The summed E-state index contributed by atoms with van der Waals surface area (Å²) in [6, 6.07) is 4.86. The molecule has 0 saturated heterocycles. The lowest BCUT2D eigenvalue weighted by molar-refractivity contribution is -0.274. The number of azo groups is 1. The van der Waals surface area contributed by atoms with E-state index in [0.29, 0.717) is 5.56 Å². The van der Waals surface area contributed by atoms with Gasteiger partial charge in [0.25, 0.3) is 0 Å². The molecule has 1 aliphatic rings. The Balaban J connectivity index is 2.34. The Kier molecular flexibility index (Phi) is 5.36. The van der Waals surface area contributed by atoms with Crippen molar-refractivity contribution >= 4 is 11.8 Å². The predicted octanol–water partition coefficient (Wildman–Crippen LogP) is 3.59. The van der Waals surface area contributed by atoms with Gasteiger partial charge in [-0.15, -0.1) is 18.3 Å². The van der Waals surface area contributed by atoms with Crippen LogP contribution < -0.4 is 4.74 Å². The average Bonchev–Trinajstić information content (AvgIpc) is 3.00. The molecule has 0 radical (unpaired) electrons. The molecule has 2 rings (SSSR count). The Morgan fingerprint density at radius 1 is 1.19 bits per heavy atom. The molecular formula is C16H18F3N3O4. The molecule has 0 bridgehead atoms. The number of carbonyl (C=O) groups is 1. The molecule has 26 heavy (non-hydrogen) atoms. The van der Waals surface area contributed by atoms with Gasteiger partial charge in [0, 0.05) is 6.42 Å². The van der Waals surface area contributed by atoms with Crippen LogP contribution in [-0.4, -0.2) is 41.1 Å². The van der Waals surface area contributed by atoms with Crippen molar-refractivity contribution in [1.29, 1.82) is 0 Å². The van der Waals surface area contributed by atoms with Gasteiger partial charge in [0.15, 0.2) is 12.5 Å². The molecular weight excluding hydrogens is 355 g/mol. The number of carboxylic acid groups (broad SMARTS) is 1. The zero-order valence-corrected chi connectivity index (χ0v) is 14.4. The Morgan fingerprint density at radius 3 is 2.23 bits per heavy atom. The first kappa shape index (κ1) is 19.8. The van der Waals surface area contributed by atoms with Gasteiger partial charge < -0.3 is 14.6 Å². The number of hydrogen-bond acceptors (Lipinski definition) is 6. The molecule has 1 aromatic carbocycles. The first-order valence-electron chi connectivity index (χ1n) is 7.62. The van der Waals surface area contributed by atoms with E-state index in [-0.39, 0.29) is 18.9 Å². The van der Waals surface area contributed by atoms with Gasteiger partial charge in [-0.25, -0.2) is 9.79 Å². The molecule has 0 aliphatic carbocycles. The smallest absolute Gasteiger partial charge is 0.479 e. The Bertz CT molecular complexity index is 724. The predicted molar refractivity (Wildman–Crippen MR) is 85.2 cm³/mol. The maximum absolute atomic E-state index is 12.3. The van der Waals surface area contributed by atoms with Crippen molar-refractivity contribution in [2.45, 2.75) is 44.8 Å². The summed E-state index contributed by atoms with van der Waals surface area (Å²) in [6.45, 7) is 5.03. The third-order valence-corrected chi connectivity index (χ3v) is 3.25. The third-order valence-electron chi connectivity index (χ3n) is 3.25. The summed E-state index contributed by atoms with van der Waals surface area (Å²) < 4.78 is 46.4. The summed E-state index contributed by atoms with van der Waals surface area (Å²) in [7, 11) is 0. The van der Waals surface area contributed by atoms with Crippen LogP contribution in [0.1, 0.15) is 26.3 Å². The lowest BCUT2D eigenvalue weighted by Crippen LogP contribution is -2.53. The number of benzene rings is 1. The maximum atomic E-state index is 12.3. The lowest BCUT2D eigenvalue weighted by Gasteiger charge is -2.34. The minimum absolute atomic E-state index is 0.00374. The largest absolute Gasteiger partial charge is 0.573 e. The lowest BCUT2D eigenvalue weighted by atomic mass is 9.91.